The lowest BCUT2D eigenvalue weighted by Gasteiger charge is -2.34. The molecule has 0 bridgehead atoms. The van der Waals surface area contributed by atoms with E-state index in [0.29, 0.717) is 17.8 Å². The van der Waals surface area contributed by atoms with Crippen LogP contribution in [0.3, 0.4) is 0 Å². The highest BCUT2D eigenvalue weighted by Crippen LogP contribution is 2.36. The molecule has 1 aromatic carbocycles. The standard InChI is InChI=1S/C22H35NO4S2/c1-16-8-6-9-17(2)21(16)15-28(24,25)19-11-13-20(14-12-19)29(26,27)23-22-10-5-4-7-18(22)3/h11-14,16-18,21-23H,4-10,15H2,1-3H3. The van der Waals surface area contributed by atoms with Crippen molar-refractivity contribution in [2.45, 2.75) is 81.5 Å². The summed E-state index contributed by atoms with van der Waals surface area (Å²) in [6.07, 6.45) is 7.38. The van der Waals surface area contributed by atoms with Crippen molar-refractivity contribution >= 4 is 19.9 Å². The predicted molar refractivity (Wildman–Crippen MR) is 116 cm³/mol. The third kappa shape index (κ3) is 5.42. The van der Waals surface area contributed by atoms with Crippen LogP contribution in [0.2, 0.25) is 0 Å². The van der Waals surface area contributed by atoms with Crippen LogP contribution < -0.4 is 4.72 Å². The Morgan fingerprint density at radius 1 is 0.759 bits per heavy atom. The monoisotopic (exact) mass is 441 g/mol. The van der Waals surface area contributed by atoms with Gasteiger partial charge in [-0.1, -0.05) is 52.9 Å². The van der Waals surface area contributed by atoms with E-state index in [1.807, 2.05) is 0 Å². The van der Waals surface area contributed by atoms with Crippen molar-refractivity contribution in [1.82, 2.24) is 4.72 Å². The van der Waals surface area contributed by atoms with Gasteiger partial charge < -0.3 is 0 Å². The Kier molecular flexibility index (Phi) is 7.11. The van der Waals surface area contributed by atoms with Crippen LogP contribution in [-0.2, 0) is 19.9 Å². The van der Waals surface area contributed by atoms with E-state index < -0.39 is 19.9 Å². The third-order valence-corrected chi connectivity index (χ3v) is 10.4. The topological polar surface area (TPSA) is 80.3 Å². The molecule has 1 N–H and O–H groups in total. The van der Waals surface area contributed by atoms with Gasteiger partial charge in [0.15, 0.2) is 9.84 Å². The van der Waals surface area contributed by atoms with Gasteiger partial charge in [-0.15, -0.1) is 0 Å². The van der Waals surface area contributed by atoms with Crippen LogP contribution in [0.15, 0.2) is 34.1 Å². The normalized spacial score (nSPS) is 31.5. The first-order valence-corrected chi connectivity index (χ1v) is 14.1. The average Bonchev–Trinajstić information content (AvgIpc) is 2.67. The lowest BCUT2D eigenvalue weighted by Crippen LogP contribution is -2.40. The van der Waals surface area contributed by atoms with Crippen molar-refractivity contribution in [3.63, 3.8) is 0 Å². The minimum absolute atomic E-state index is 0.0496. The number of sulfone groups is 1. The molecule has 2 aliphatic rings. The summed E-state index contributed by atoms with van der Waals surface area (Å²) in [6.45, 7) is 6.36. The van der Waals surface area contributed by atoms with E-state index in [0.717, 1.165) is 44.9 Å². The maximum atomic E-state index is 12.9. The zero-order valence-electron chi connectivity index (χ0n) is 17.8. The zero-order valence-corrected chi connectivity index (χ0v) is 19.4. The SMILES string of the molecule is CC1CCCCC1NS(=O)(=O)c1ccc(S(=O)(=O)CC2C(C)CCCC2C)cc1. The van der Waals surface area contributed by atoms with E-state index in [1.165, 1.54) is 24.3 Å². The van der Waals surface area contributed by atoms with Gasteiger partial charge in [0.25, 0.3) is 0 Å². The highest BCUT2D eigenvalue weighted by Gasteiger charge is 2.33. The lowest BCUT2D eigenvalue weighted by molar-refractivity contribution is 0.199. The highest BCUT2D eigenvalue weighted by molar-refractivity contribution is 7.91. The second-order valence-corrected chi connectivity index (χ2v) is 13.0. The first-order valence-electron chi connectivity index (χ1n) is 11.0. The van der Waals surface area contributed by atoms with E-state index in [9.17, 15) is 16.8 Å². The number of nitrogens with one attached hydrogen (secondary N) is 1. The molecule has 2 aliphatic carbocycles. The summed E-state index contributed by atoms with van der Waals surface area (Å²) in [4.78, 5) is 0.348. The van der Waals surface area contributed by atoms with Crippen molar-refractivity contribution in [3.05, 3.63) is 24.3 Å². The second kappa shape index (κ2) is 9.06. The van der Waals surface area contributed by atoms with E-state index in [2.05, 4.69) is 25.5 Å². The van der Waals surface area contributed by atoms with Crippen LogP contribution in [0, 0.1) is 23.7 Å². The molecule has 2 saturated carbocycles. The fourth-order valence-corrected chi connectivity index (χ4v) is 8.30. The van der Waals surface area contributed by atoms with Crippen molar-refractivity contribution in [1.29, 1.82) is 0 Å². The summed E-state index contributed by atoms with van der Waals surface area (Å²) >= 11 is 0. The summed E-state index contributed by atoms with van der Waals surface area (Å²) in [5, 5.41) is 0. The van der Waals surface area contributed by atoms with Crippen LogP contribution >= 0.6 is 0 Å². The van der Waals surface area contributed by atoms with Crippen LogP contribution in [0.1, 0.15) is 65.7 Å². The third-order valence-electron chi connectivity index (χ3n) is 7.10. The van der Waals surface area contributed by atoms with E-state index in [1.54, 1.807) is 0 Å². The van der Waals surface area contributed by atoms with Gasteiger partial charge in [-0.25, -0.2) is 21.6 Å². The number of benzene rings is 1. The molecule has 5 nitrogen and oxygen atoms in total. The maximum Gasteiger partial charge on any atom is 0.240 e. The molecule has 4 atom stereocenters. The first-order chi connectivity index (χ1) is 13.6. The Labute approximate surface area is 176 Å². The van der Waals surface area contributed by atoms with Crippen molar-refractivity contribution < 1.29 is 16.8 Å². The largest absolute Gasteiger partial charge is 0.240 e. The zero-order chi connectivity index (χ0) is 21.2. The lowest BCUT2D eigenvalue weighted by atomic mass is 9.75. The van der Waals surface area contributed by atoms with Gasteiger partial charge in [0.1, 0.15) is 0 Å². The summed E-state index contributed by atoms with van der Waals surface area (Å²) in [5.74, 6) is 1.41. The van der Waals surface area contributed by atoms with Crippen molar-refractivity contribution in [2.24, 2.45) is 23.7 Å². The molecule has 4 unspecified atom stereocenters. The van der Waals surface area contributed by atoms with Crippen LogP contribution in [-0.4, -0.2) is 28.6 Å². The molecule has 2 fully saturated rings. The molecule has 0 aromatic heterocycles. The quantitative estimate of drug-likeness (QED) is 0.710. The van der Waals surface area contributed by atoms with E-state index in [-0.39, 0.29) is 27.5 Å². The van der Waals surface area contributed by atoms with Crippen LogP contribution in [0.25, 0.3) is 0 Å². The molecule has 0 amide bonds. The van der Waals surface area contributed by atoms with Gasteiger partial charge >= 0.3 is 0 Å². The second-order valence-electron chi connectivity index (χ2n) is 9.29. The van der Waals surface area contributed by atoms with Crippen molar-refractivity contribution in [2.75, 3.05) is 5.75 Å². The minimum atomic E-state index is -3.64. The van der Waals surface area contributed by atoms with Gasteiger partial charge in [0.2, 0.25) is 10.0 Å². The average molecular weight is 442 g/mol. The van der Waals surface area contributed by atoms with Crippen LogP contribution in [0.5, 0.6) is 0 Å². The molecule has 0 radical (unpaired) electrons. The van der Waals surface area contributed by atoms with Gasteiger partial charge in [0.05, 0.1) is 15.5 Å². The summed E-state index contributed by atoms with van der Waals surface area (Å²) < 4.78 is 54.2. The Hall–Kier alpha value is -0.920. The van der Waals surface area contributed by atoms with Gasteiger partial charge in [-0.05, 0) is 60.8 Å². The molecule has 0 heterocycles. The smallest absolute Gasteiger partial charge is 0.224 e. The Bertz CT molecular complexity index is 883. The highest BCUT2D eigenvalue weighted by atomic mass is 32.2. The van der Waals surface area contributed by atoms with E-state index in [4.69, 9.17) is 0 Å². The molecule has 164 valence electrons. The number of hydrogen-bond donors (Lipinski definition) is 1. The molecule has 1 aromatic rings. The predicted octanol–water partition coefficient (Wildman–Crippen LogP) is 4.39. The van der Waals surface area contributed by atoms with Crippen molar-refractivity contribution in [3.8, 4) is 0 Å². The number of sulfonamides is 1. The Morgan fingerprint density at radius 3 is 1.86 bits per heavy atom. The number of hydrogen-bond acceptors (Lipinski definition) is 4. The fraction of sp³-hybridized carbons (Fsp3) is 0.727. The van der Waals surface area contributed by atoms with Gasteiger partial charge in [-0.3, -0.25) is 0 Å². The molecular formula is C22H35NO4S2. The van der Waals surface area contributed by atoms with Crippen LogP contribution in [0.4, 0.5) is 0 Å². The Balaban J connectivity index is 1.73. The Morgan fingerprint density at radius 2 is 1.28 bits per heavy atom. The van der Waals surface area contributed by atoms with Gasteiger partial charge in [-0.2, -0.15) is 0 Å². The molecule has 0 spiro atoms. The fourth-order valence-electron chi connectivity index (χ4n) is 5.01. The molecule has 0 aliphatic heterocycles. The van der Waals surface area contributed by atoms with Gasteiger partial charge in [0, 0.05) is 6.04 Å². The summed E-state index contributed by atoms with van der Waals surface area (Å²) in [6, 6.07) is 5.71. The molecule has 3 rings (SSSR count). The maximum absolute atomic E-state index is 12.9. The molecular weight excluding hydrogens is 406 g/mol. The summed E-state index contributed by atoms with van der Waals surface area (Å²) in [7, 11) is -7.08. The molecule has 7 heteroatoms. The minimum Gasteiger partial charge on any atom is -0.224 e. The summed E-state index contributed by atoms with van der Waals surface area (Å²) in [5.41, 5.74) is 0. The first kappa shape index (κ1) is 22.8. The number of rotatable bonds is 6. The molecule has 29 heavy (non-hydrogen) atoms. The molecule has 0 saturated heterocycles. The van der Waals surface area contributed by atoms with E-state index >= 15 is 0 Å².